The Labute approximate surface area is 207 Å². The number of aliphatic hydroxyl groups is 1. The third-order valence-corrected chi connectivity index (χ3v) is 5.59. The quantitative estimate of drug-likeness (QED) is 0.511. The first-order chi connectivity index (χ1) is 16.7. The summed E-state index contributed by atoms with van der Waals surface area (Å²) in [4.78, 5) is 27.0. The third kappa shape index (κ3) is 5.50. The van der Waals surface area contributed by atoms with E-state index in [2.05, 4.69) is 10.4 Å². The van der Waals surface area contributed by atoms with Crippen molar-refractivity contribution < 1.29 is 28.9 Å². The van der Waals surface area contributed by atoms with Gasteiger partial charge in [0.25, 0.3) is 11.8 Å². The average molecular weight is 501 g/mol. The van der Waals surface area contributed by atoms with E-state index in [4.69, 9.17) is 25.8 Å². The molecule has 1 atom stereocenters. The van der Waals surface area contributed by atoms with Crippen LogP contribution in [-0.2, 0) is 7.05 Å². The van der Waals surface area contributed by atoms with Crippen LogP contribution in [0.15, 0.2) is 42.6 Å². The molecule has 2 heterocycles. The average Bonchev–Trinajstić information content (AvgIpc) is 3.18. The van der Waals surface area contributed by atoms with Gasteiger partial charge in [0.15, 0.2) is 11.6 Å². The molecule has 4 rings (SSSR count). The molecule has 0 saturated carbocycles. The maximum absolute atomic E-state index is 12.9. The van der Waals surface area contributed by atoms with Crippen molar-refractivity contribution in [3.05, 3.63) is 58.7 Å². The summed E-state index contributed by atoms with van der Waals surface area (Å²) in [5.74, 6) is 0.815. The minimum atomic E-state index is -0.510. The van der Waals surface area contributed by atoms with Crippen molar-refractivity contribution in [1.29, 1.82) is 0 Å². The van der Waals surface area contributed by atoms with Gasteiger partial charge in [0.2, 0.25) is 0 Å². The van der Waals surface area contributed by atoms with E-state index >= 15 is 0 Å². The molecule has 0 spiro atoms. The van der Waals surface area contributed by atoms with E-state index in [-0.39, 0.29) is 40.3 Å². The number of fused-ring (bicyclic) bond motifs is 1. The standard InChI is InChI=1S/C24H25ClN4O6/c1-14(13-30)34-16-10-15(23(31)26-20-6-7-29(3)27-20)11-17(12-16)35-19-5-4-18-22(21(19)25)33-9-8-28(2)24(18)32/h4-7,10-12,14,30H,8-9,13H2,1-3H3,(H,26,27,31)/t14-/m0/s1. The SMILES string of the molecule is C[C@@H](CO)Oc1cc(Oc2ccc3c(c2Cl)OCCN(C)C3=O)cc(C(=O)Nc2ccn(C)n2)c1. The molecule has 1 aliphatic rings. The highest BCUT2D eigenvalue weighted by atomic mass is 35.5. The van der Waals surface area contributed by atoms with E-state index < -0.39 is 12.0 Å². The van der Waals surface area contributed by atoms with Gasteiger partial charge in [-0.15, -0.1) is 0 Å². The van der Waals surface area contributed by atoms with Gasteiger partial charge in [0.05, 0.1) is 18.7 Å². The summed E-state index contributed by atoms with van der Waals surface area (Å²) >= 11 is 6.55. The summed E-state index contributed by atoms with van der Waals surface area (Å²) in [6.07, 6.45) is 1.20. The number of anilines is 1. The number of ether oxygens (including phenoxy) is 3. The number of hydrogen-bond donors (Lipinski definition) is 2. The molecule has 0 radical (unpaired) electrons. The van der Waals surface area contributed by atoms with Crippen LogP contribution >= 0.6 is 11.6 Å². The number of aryl methyl sites for hydroxylation is 1. The molecule has 35 heavy (non-hydrogen) atoms. The van der Waals surface area contributed by atoms with E-state index in [0.717, 1.165) is 0 Å². The summed E-state index contributed by atoms with van der Waals surface area (Å²) in [5.41, 5.74) is 0.582. The molecule has 184 valence electrons. The summed E-state index contributed by atoms with van der Waals surface area (Å²) in [7, 11) is 3.43. The molecule has 1 aliphatic heterocycles. The van der Waals surface area contributed by atoms with Gasteiger partial charge in [-0.3, -0.25) is 14.3 Å². The number of hydrogen-bond acceptors (Lipinski definition) is 7. The monoisotopic (exact) mass is 500 g/mol. The van der Waals surface area contributed by atoms with Crippen molar-refractivity contribution in [3.8, 4) is 23.0 Å². The maximum atomic E-state index is 12.9. The molecule has 10 nitrogen and oxygen atoms in total. The van der Waals surface area contributed by atoms with Gasteiger partial charge in [-0.2, -0.15) is 5.10 Å². The van der Waals surface area contributed by atoms with Gasteiger partial charge in [0, 0.05) is 38.0 Å². The Morgan fingerprint density at radius 2 is 2.03 bits per heavy atom. The zero-order valence-electron chi connectivity index (χ0n) is 19.4. The second kappa shape index (κ2) is 10.2. The minimum Gasteiger partial charge on any atom is -0.489 e. The Hall–Kier alpha value is -3.76. The summed E-state index contributed by atoms with van der Waals surface area (Å²) in [5, 5.41) is 16.4. The van der Waals surface area contributed by atoms with Crippen molar-refractivity contribution in [2.45, 2.75) is 13.0 Å². The zero-order valence-corrected chi connectivity index (χ0v) is 20.2. The van der Waals surface area contributed by atoms with Crippen LogP contribution in [0.4, 0.5) is 5.82 Å². The number of aromatic nitrogens is 2. The van der Waals surface area contributed by atoms with E-state index in [1.807, 2.05) is 0 Å². The summed E-state index contributed by atoms with van der Waals surface area (Å²) in [6, 6.07) is 9.45. The number of carbonyl (C=O) groups is 2. The van der Waals surface area contributed by atoms with Crippen LogP contribution in [0.3, 0.4) is 0 Å². The number of carbonyl (C=O) groups excluding carboxylic acids is 2. The van der Waals surface area contributed by atoms with E-state index in [1.165, 1.54) is 12.1 Å². The molecular weight excluding hydrogens is 476 g/mol. The first-order valence-electron chi connectivity index (χ1n) is 10.9. The van der Waals surface area contributed by atoms with Crippen LogP contribution in [0, 0.1) is 0 Å². The van der Waals surface area contributed by atoms with Gasteiger partial charge < -0.3 is 29.5 Å². The predicted molar refractivity (Wildman–Crippen MR) is 129 cm³/mol. The highest BCUT2D eigenvalue weighted by Crippen LogP contribution is 2.41. The van der Waals surface area contributed by atoms with Crippen molar-refractivity contribution in [3.63, 3.8) is 0 Å². The van der Waals surface area contributed by atoms with E-state index in [9.17, 15) is 14.7 Å². The molecular formula is C24H25ClN4O6. The first kappa shape index (κ1) is 24.4. The van der Waals surface area contributed by atoms with Crippen LogP contribution in [0.5, 0.6) is 23.0 Å². The van der Waals surface area contributed by atoms with Crippen molar-refractivity contribution in [2.75, 3.05) is 32.1 Å². The number of amides is 2. The molecule has 1 aromatic heterocycles. The normalized spacial score (nSPS) is 14.0. The lowest BCUT2D eigenvalue weighted by Gasteiger charge is -2.17. The molecule has 0 bridgehead atoms. The zero-order chi connectivity index (χ0) is 25.1. The largest absolute Gasteiger partial charge is 0.489 e. The minimum absolute atomic E-state index is 0.140. The smallest absolute Gasteiger partial charge is 0.257 e. The van der Waals surface area contributed by atoms with Crippen LogP contribution in [0.1, 0.15) is 27.6 Å². The lowest BCUT2D eigenvalue weighted by Crippen LogP contribution is -2.27. The molecule has 0 saturated heterocycles. The van der Waals surface area contributed by atoms with E-state index in [0.29, 0.717) is 30.3 Å². The number of rotatable bonds is 7. The molecule has 2 N–H and O–H groups in total. The van der Waals surface area contributed by atoms with Gasteiger partial charge >= 0.3 is 0 Å². The Morgan fingerprint density at radius 1 is 1.26 bits per heavy atom. The Balaban J connectivity index is 1.66. The number of likely N-dealkylation sites (N-methyl/N-ethyl adjacent to an activating group) is 1. The number of halogens is 1. The van der Waals surface area contributed by atoms with Gasteiger partial charge in [-0.05, 0) is 31.2 Å². The second-order valence-corrected chi connectivity index (χ2v) is 8.44. The van der Waals surface area contributed by atoms with Gasteiger partial charge in [0.1, 0.15) is 35.0 Å². The first-order valence-corrected chi connectivity index (χ1v) is 11.2. The number of nitrogens with zero attached hydrogens (tertiary/aromatic N) is 3. The number of aliphatic hydroxyl groups excluding tert-OH is 1. The topological polar surface area (TPSA) is 115 Å². The third-order valence-electron chi connectivity index (χ3n) is 5.23. The van der Waals surface area contributed by atoms with Crippen molar-refractivity contribution in [1.82, 2.24) is 14.7 Å². The molecule has 0 unspecified atom stereocenters. The Morgan fingerprint density at radius 3 is 2.74 bits per heavy atom. The molecule has 2 aromatic carbocycles. The maximum Gasteiger partial charge on any atom is 0.257 e. The number of benzene rings is 2. The van der Waals surface area contributed by atoms with Crippen molar-refractivity contribution in [2.24, 2.45) is 7.05 Å². The van der Waals surface area contributed by atoms with Gasteiger partial charge in [-0.25, -0.2) is 0 Å². The number of nitrogens with one attached hydrogen (secondary N) is 1. The lowest BCUT2D eigenvalue weighted by molar-refractivity contribution is 0.0796. The lowest BCUT2D eigenvalue weighted by atomic mass is 10.1. The fraction of sp³-hybridized carbons (Fsp3) is 0.292. The van der Waals surface area contributed by atoms with Crippen LogP contribution < -0.4 is 19.5 Å². The van der Waals surface area contributed by atoms with Crippen molar-refractivity contribution >= 4 is 29.2 Å². The molecule has 11 heteroatoms. The Kier molecular flexibility index (Phi) is 7.13. The van der Waals surface area contributed by atoms with Crippen LogP contribution in [0.25, 0.3) is 0 Å². The van der Waals surface area contributed by atoms with E-state index in [1.54, 1.807) is 61.1 Å². The fourth-order valence-electron chi connectivity index (χ4n) is 3.41. The highest BCUT2D eigenvalue weighted by molar-refractivity contribution is 6.34. The summed E-state index contributed by atoms with van der Waals surface area (Å²) in [6.45, 7) is 2.20. The predicted octanol–water partition coefficient (Wildman–Crippen LogP) is 3.34. The molecule has 3 aromatic rings. The van der Waals surface area contributed by atoms with Crippen LogP contribution in [0.2, 0.25) is 5.02 Å². The Bertz CT molecular complexity index is 1260. The fourth-order valence-corrected chi connectivity index (χ4v) is 3.67. The van der Waals surface area contributed by atoms with Gasteiger partial charge in [-0.1, -0.05) is 11.6 Å². The summed E-state index contributed by atoms with van der Waals surface area (Å²) < 4.78 is 19.0. The molecule has 0 aliphatic carbocycles. The molecule has 2 amide bonds. The highest BCUT2D eigenvalue weighted by Gasteiger charge is 2.25. The second-order valence-electron chi connectivity index (χ2n) is 8.06. The molecule has 0 fully saturated rings. The van der Waals surface area contributed by atoms with Crippen LogP contribution in [-0.4, -0.2) is 64.5 Å².